The standard InChI is InChI=1S/C18H15N3O3S2/c1-11-3-5-12(6-4-11)14-10-26-18(19-14)20-17(22)13-7-8-16(25-2)15(9-13)21(23)24/h3-10H,1-2H3,(H,19,20,22). The summed E-state index contributed by atoms with van der Waals surface area (Å²) in [6.45, 7) is 2.01. The van der Waals surface area contributed by atoms with Gasteiger partial charge in [-0.15, -0.1) is 23.1 Å². The predicted molar refractivity (Wildman–Crippen MR) is 105 cm³/mol. The summed E-state index contributed by atoms with van der Waals surface area (Å²) in [5.74, 6) is -0.425. The van der Waals surface area contributed by atoms with Gasteiger partial charge in [0.15, 0.2) is 5.13 Å². The number of aryl methyl sites for hydroxylation is 1. The van der Waals surface area contributed by atoms with Gasteiger partial charge in [0.1, 0.15) is 0 Å². The molecule has 0 aliphatic carbocycles. The molecular weight excluding hydrogens is 370 g/mol. The summed E-state index contributed by atoms with van der Waals surface area (Å²) in [4.78, 5) is 28.0. The smallest absolute Gasteiger partial charge is 0.283 e. The van der Waals surface area contributed by atoms with Crippen molar-refractivity contribution in [3.05, 3.63) is 69.1 Å². The number of nitrogens with zero attached hydrogens (tertiary/aromatic N) is 2. The van der Waals surface area contributed by atoms with Crippen LogP contribution in [0.5, 0.6) is 0 Å². The van der Waals surface area contributed by atoms with Crippen LogP contribution >= 0.6 is 23.1 Å². The Bertz CT molecular complexity index is 968. The molecule has 1 heterocycles. The molecule has 1 N–H and O–H groups in total. The molecule has 0 radical (unpaired) electrons. The van der Waals surface area contributed by atoms with E-state index in [0.29, 0.717) is 10.0 Å². The molecular formula is C18H15N3O3S2. The number of anilines is 1. The number of hydrogen-bond acceptors (Lipinski definition) is 6. The predicted octanol–water partition coefficient (Wildman–Crippen LogP) is 5.00. The molecule has 0 atom stereocenters. The fourth-order valence-electron chi connectivity index (χ4n) is 2.33. The summed E-state index contributed by atoms with van der Waals surface area (Å²) in [6.07, 6.45) is 1.75. The van der Waals surface area contributed by atoms with Gasteiger partial charge in [-0.1, -0.05) is 29.8 Å². The average molecular weight is 385 g/mol. The van der Waals surface area contributed by atoms with Crippen molar-refractivity contribution < 1.29 is 9.72 Å². The lowest BCUT2D eigenvalue weighted by atomic mass is 10.1. The van der Waals surface area contributed by atoms with Crippen LogP contribution in [-0.4, -0.2) is 22.1 Å². The number of carbonyl (C=O) groups excluding carboxylic acids is 1. The molecule has 0 aliphatic heterocycles. The van der Waals surface area contributed by atoms with Crippen molar-refractivity contribution in [2.75, 3.05) is 11.6 Å². The van der Waals surface area contributed by atoms with Gasteiger partial charge in [0, 0.05) is 22.6 Å². The normalized spacial score (nSPS) is 10.5. The molecule has 132 valence electrons. The number of nitro groups is 1. The van der Waals surface area contributed by atoms with Crippen LogP contribution in [0.4, 0.5) is 10.8 Å². The Morgan fingerprint density at radius 3 is 2.62 bits per heavy atom. The second-order valence-electron chi connectivity index (χ2n) is 5.50. The van der Waals surface area contributed by atoms with Crippen LogP contribution < -0.4 is 5.32 Å². The Hall–Kier alpha value is -2.71. The maximum Gasteiger partial charge on any atom is 0.283 e. The van der Waals surface area contributed by atoms with Crippen LogP contribution in [-0.2, 0) is 0 Å². The SMILES string of the molecule is CSc1ccc(C(=O)Nc2nc(-c3ccc(C)cc3)cs2)cc1[N+](=O)[O-]. The maximum atomic E-state index is 12.4. The average Bonchev–Trinajstić information content (AvgIpc) is 3.10. The fourth-order valence-corrected chi connectivity index (χ4v) is 3.59. The van der Waals surface area contributed by atoms with E-state index in [4.69, 9.17) is 0 Å². The van der Waals surface area contributed by atoms with Gasteiger partial charge in [-0.2, -0.15) is 0 Å². The number of thiazole rings is 1. The number of thioether (sulfide) groups is 1. The molecule has 0 spiro atoms. The molecule has 0 saturated carbocycles. The second kappa shape index (κ2) is 7.67. The van der Waals surface area contributed by atoms with Crippen molar-refractivity contribution in [3.63, 3.8) is 0 Å². The molecule has 0 unspecified atom stereocenters. The number of aromatic nitrogens is 1. The number of amides is 1. The highest BCUT2D eigenvalue weighted by molar-refractivity contribution is 7.98. The third kappa shape index (κ3) is 3.92. The van der Waals surface area contributed by atoms with Gasteiger partial charge >= 0.3 is 0 Å². The van der Waals surface area contributed by atoms with Gasteiger partial charge in [0.25, 0.3) is 11.6 Å². The van der Waals surface area contributed by atoms with E-state index in [0.717, 1.165) is 16.8 Å². The topological polar surface area (TPSA) is 85.1 Å². The van der Waals surface area contributed by atoms with Crippen molar-refractivity contribution in [1.82, 2.24) is 4.98 Å². The van der Waals surface area contributed by atoms with Crippen LogP contribution in [0, 0.1) is 17.0 Å². The van der Waals surface area contributed by atoms with Crippen molar-refractivity contribution in [1.29, 1.82) is 0 Å². The zero-order valence-electron chi connectivity index (χ0n) is 14.1. The van der Waals surface area contributed by atoms with Gasteiger partial charge in [0.2, 0.25) is 0 Å². The molecule has 0 aliphatic rings. The molecule has 1 aromatic heterocycles. The number of benzene rings is 2. The second-order valence-corrected chi connectivity index (χ2v) is 7.21. The Labute approximate surface area is 158 Å². The summed E-state index contributed by atoms with van der Waals surface area (Å²) < 4.78 is 0. The zero-order chi connectivity index (χ0) is 18.7. The lowest BCUT2D eigenvalue weighted by molar-refractivity contribution is -0.387. The van der Waals surface area contributed by atoms with Gasteiger partial charge in [-0.05, 0) is 25.3 Å². The number of hydrogen-bond donors (Lipinski definition) is 1. The van der Waals surface area contributed by atoms with Gasteiger partial charge in [-0.25, -0.2) is 4.98 Å². The van der Waals surface area contributed by atoms with E-state index < -0.39 is 10.8 Å². The van der Waals surface area contributed by atoms with Crippen molar-refractivity contribution >= 4 is 39.8 Å². The number of rotatable bonds is 5. The van der Waals surface area contributed by atoms with Crippen LogP contribution in [0.2, 0.25) is 0 Å². The van der Waals surface area contributed by atoms with E-state index in [1.54, 1.807) is 18.4 Å². The molecule has 0 bridgehead atoms. The van der Waals surface area contributed by atoms with E-state index in [1.807, 2.05) is 36.6 Å². The number of nitro benzene ring substituents is 1. The summed E-state index contributed by atoms with van der Waals surface area (Å²) in [6, 6.07) is 12.4. The van der Waals surface area contributed by atoms with Crippen molar-refractivity contribution in [3.8, 4) is 11.3 Å². The minimum Gasteiger partial charge on any atom is -0.298 e. The van der Waals surface area contributed by atoms with Crippen molar-refractivity contribution in [2.45, 2.75) is 11.8 Å². The Morgan fingerprint density at radius 1 is 1.23 bits per heavy atom. The van der Waals surface area contributed by atoms with Crippen molar-refractivity contribution in [2.24, 2.45) is 0 Å². The lowest BCUT2D eigenvalue weighted by Gasteiger charge is -2.04. The van der Waals surface area contributed by atoms with E-state index in [9.17, 15) is 14.9 Å². The maximum absolute atomic E-state index is 12.4. The minimum atomic E-state index is -0.485. The first kappa shape index (κ1) is 18.1. The molecule has 26 heavy (non-hydrogen) atoms. The first-order valence-corrected chi connectivity index (χ1v) is 9.74. The van der Waals surface area contributed by atoms with Crippen LogP contribution in [0.3, 0.4) is 0 Å². The lowest BCUT2D eigenvalue weighted by Crippen LogP contribution is -2.12. The molecule has 6 nitrogen and oxygen atoms in total. The Kier molecular flexibility index (Phi) is 5.34. The van der Waals surface area contributed by atoms with E-state index in [1.165, 1.54) is 29.2 Å². The van der Waals surface area contributed by atoms with Crippen LogP contribution in [0.15, 0.2) is 52.7 Å². The number of nitrogens with one attached hydrogen (secondary N) is 1. The minimum absolute atomic E-state index is 0.0790. The monoisotopic (exact) mass is 385 g/mol. The quantitative estimate of drug-likeness (QED) is 0.379. The van der Waals surface area contributed by atoms with Gasteiger partial charge in [-0.3, -0.25) is 20.2 Å². The molecule has 3 rings (SSSR count). The largest absolute Gasteiger partial charge is 0.298 e. The number of carbonyl (C=O) groups is 1. The summed E-state index contributed by atoms with van der Waals surface area (Å²) in [7, 11) is 0. The summed E-state index contributed by atoms with van der Waals surface area (Å²) in [5.41, 5.74) is 3.04. The highest BCUT2D eigenvalue weighted by Crippen LogP contribution is 2.29. The van der Waals surface area contributed by atoms with E-state index in [2.05, 4.69) is 10.3 Å². The summed E-state index contributed by atoms with van der Waals surface area (Å²) in [5, 5.41) is 16.2. The van der Waals surface area contributed by atoms with Gasteiger partial charge < -0.3 is 0 Å². The molecule has 2 aromatic carbocycles. The molecule has 3 aromatic rings. The zero-order valence-corrected chi connectivity index (χ0v) is 15.7. The van der Waals surface area contributed by atoms with E-state index >= 15 is 0 Å². The third-order valence-corrected chi connectivity index (χ3v) is 5.25. The Balaban J connectivity index is 1.79. The van der Waals surface area contributed by atoms with E-state index in [-0.39, 0.29) is 11.3 Å². The Morgan fingerprint density at radius 2 is 1.96 bits per heavy atom. The third-order valence-electron chi connectivity index (χ3n) is 3.71. The molecule has 0 saturated heterocycles. The highest BCUT2D eigenvalue weighted by atomic mass is 32.2. The summed E-state index contributed by atoms with van der Waals surface area (Å²) >= 11 is 2.58. The highest BCUT2D eigenvalue weighted by Gasteiger charge is 2.18. The van der Waals surface area contributed by atoms with Crippen LogP contribution in [0.25, 0.3) is 11.3 Å². The first-order valence-electron chi connectivity index (χ1n) is 7.64. The first-order chi connectivity index (χ1) is 12.5. The van der Waals surface area contributed by atoms with Crippen LogP contribution in [0.1, 0.15) is 15.9 Å². The fraction of sp³-hybridized carbons (Fsp3) is 0.111. The molecule has 8 heteroatoms. The van der Waals surface area contributed by atoms with Gasteiger partial charge in [0.05, 0.1) is 15.5 Å². The molecule has 1 amide bonds. The molecule has 0 fully saturated rings.